The van der Waals surface area contributed by atoms with Crippen molar-refractivity contribution in [3.05, 3.63) is 76.8 Å². The van der Waals surface area contributed by atoms with Crippen molar-refractivity contribution in [1.29, 1.82) is 0 Å². The van der Waals surface area contributed by atoms with Crippen LogP contribution in [0, 0.1) is 0 Å². The van der Waals surface area contributed by atoms with Crippen molar-refractivity contribution in [2.75, 3.05) is 18.8 Å². The molecule has 8 heteroatoms. The molecule has 31 heavy (non-hydrogen) atoms. The molecule has 0 N–H and O–H groups in total. The van der Waals surface area contributed by atoms with Crippen LogP contribution in [-0.2, 0) is 6.54 Å². The van der Waals surface area contributed by atoms with Gasteiger partial charge >= 0.3 is 0 Å². The third-order valence-corrected chi connectivity index (χ3v) is 6.48. The Labute approximate surface area is 187 Å². The number of nitrogens with zero attached hydrogens (tertiary/aromatic N) is 2. The minimum atomic E-state index is -0.198. The smallest absolute Gasteiger partial charge is 0.260 e. The lowest BCUT2D eigenvalue weighted by molar-refractivity contribution is 0.0984. The van der Waals surface area contributed by atoms with Gasteiger partial charge in [0.1, 0.15) is 11.3 Å². The lowest BCUT2D eigenvalue weighted by Crippen LogP contribution is -2.30. The van der Waals surface area contributed by atoms with Crippen molar-refractivity contribution in [3.63, 3.8) is 0 Å². The van der Waals surface area contributed by atoms with Gasteiger partial charge in [-0.1, -0.05) is 53.3 Å². The lowest BCUT2D eigenvalue weighted by Gasteiger charge is -2.20. The molecule has 1 aliphatic rings. The molecule has 0 atom stereocenters. The van der Waals surface area contributed by atoms with Crippen LogP contribution >= 0.6 is 22.9 Å². The van der Waals surface area contributed by atoms with Crippen molar-refractivity contribution in [3.8, 4) is 17.2 Å². The van der Waals surface area contributed by atoms with E-state index < -0.39 is 0 Å². The molecule has 0 bridgehead atoms. The maximum Gasteiger partial charge on any atom is 0.260 e. The molecular weight excluding hydrogens is 436 g/mol. The summed E-state index contributed by atoms with van der Waals surface area (Å²) in [6.45, 7) is 0.505. The number of benzene rings is 3. The first-order valence-corrected chi connectivity index (χ1v) is 10.7. The number of fused-ring (bicyclic) bond motifs is 2. The highest BCUT2D eigenvalue weighted by Crippen LogP contribution is 2.40. The first kappa shape index (κ1) is 19.7. The quantitative estimate of drug-likeness (QED) is 0.398. The first-order valence-electron chi connectivity index (χ1n) is 9.52. The van der Waals surface area contributed by atoms with Crippen LogP contribution < -0.4 is 19.1 Å². The lowest BCUT2D eigenvalue weighted by atomic mass is 10.1. The number of aromatic nitrogens is 1. The normalized spacial score (nSPS) is 12.2. The largest absolute Gasteiger partial charge is 0.494 e. The van der Waals surface area contributed by atoms with Crippen LogP contribution in [0.2, 0.25) is 5.02 Å². The predicted octanol–water partition coefficient (Wildman–Crippen LogP) is 5.53. The Balaban J connectivity index is 1.60. The number of ether oxygens (including phenoxy) is 3. The summed E-state index contributed by atoms with van der Waals surface area (Å²) < 4.78 is 17.0. The van der Waals surface area contributed by atoms with Gasteiger partial charge in [-0.2, -0.15) is 0 Å². The van der Waals surface area contributed by atoms with Crippen molar-refractivity contribution in [1.82, 2.24) is 4.98 Å². The molecule has 0 radical (unpaired) electrons. The third kappa shape index (κ3) is 3.66. The third-order valence-electron chi connectivity index (χ3n) is 4.95. The van der Waals surface area contributed by atoms with E-state index >= 15 is 0 Å². The molecule has 3 aromatic carbocycles. The summed E-state index contributed by atoms with van der Waals surface area (Å²) in [5.74, 6) is 1.59. The molecule has 0 saturated heterocycles. The minimum absolute atomic E-state index is 0.150. The predicted molar refractivity (Wildman–Crippen MR) is 121 cm³/mol. The minimum Gasteiger partial charge on any atom is -0.494 e. The number of carbonyl (C=O) groups excluding carboxylic acids is 1. The summed E-state index contributed by atoms with van der Waals surface area (Å²) in [5.41, 5.74) is 2.10. The Hall–Kier alpha value is -3.29. The van der Waals surface area contributed by atoms with E-state index in [1.54, 1.807) is 42.3 Å². The zero-order valence-electron chi connectivity index (χ0n) is 16.5. The Morgan fingerprint density at radius 2 is 1.94 bits per heavy atom. The second kappa shape index (κ2) is 8.09. The van der Waals surface area contributed by atoms with Crippen LogP contribution in [0.4, 0.5) is 5.13 Å². The molecular formula is C23H17ClN2O4S. The summed E-state index contributed by atoms with van der Waals surface area (Å²) >= 11 is 7.76. The number of anilines is 1. The molecule has 0 fully saturated rings. The number of halogens is 1. The Bertz CT molecular complexity index is 1280. The fraction of sp³-hybridized carbons (Fsp3) is 0.130. The highest BCUT2D eigenvalue weighted by Gasteiger charge is 2.25. The standard InChI is InChI=1S/C23H17ClN2O4S/c1-28-18-10-8-16(24)21-20(18)25-23(31-21)26(12-14-5-3-2-4-6-14)22(27)15-7-9-17-19(11-15)30-13-29-17/h2-11H,12-13H2,1H3. The van der Waals surface area contributed by atoms with E-state index in [1.165, 1.54) is 11.3 Å². The van der Waals surface area contributed by atoms with E-state index in [0.29, 0.717) is 45.0 Å². The van der Waals surface area contributed by atoms with Crippen molar-refractivity contribution in [2.24, 2.45) is 0 Å². The van der Waals surface area contributed by atoms with Gasteiger partial charge in [0, 0.05) is 5.56 Å². The van der Waals surface area contributed by atoms with E-state index in [4.69, 9.17) is 30.8 Å². The number of amides is 1. The SMILES string of the molecule is COc1ccc(Cl)c2sc(N(Cc3ccccc3)C(=O)c3ccc4c(c3)OCO4)nc12. The number of carbonyl (C=O) groups is 1. The highest BCUT2D eigenvalue weighted by molar-refractivity contribution is 7.23. The van der Waals surface area contributed by atoms with Crippen LogP contribution in [0.15, 0.2) is 60.7 Å². The van der Waals surface area contributed by atoms with E-state index in [-0.39, 0.29) is 12.7 Å². The van der Waals surface area contributed by atoms with Gasteiger partial charge in [0.05, 0.1) is 23.4 Å². The number of hydrogen-bond acceptors (Lipinski definition) is 6. The second-order valence-electron chi connectivity index (χ2n) is 6.87. The van der Waals surface area contributed by atoms with Crippen molar-refractivity contribution in [2.45, 2.75) is 6.54 Å². The molecule has 1 aliphatic heterocycles. The van der Waals surface area contributed by atoms with Crippen LogP contribution in [0.5, 0.6) is 17.2 Å². The van der Waals surface area contributed by atoms with Crippen LogP contribution in [0.3, 0.4) is 0 Å². The summed E-state index contributed by atoms with van der Waals surface area (Å²) in [5, 5.41) is 1.10. The average molecular weight is 453 g/mol. The fourth-order valence-corrected chi connectivity index (χ4v) is 4.65. The Morgan fingerprint density at radius 3 is 2.74 bits per heavy atom. The molecule has 1 amide bonds. The first-order chi connectivity index (χ1) is 15.1. The zero-order chi connectivity index (χ0) is 21.4. The Kier molecular flexibility index (Phi) is 5.13. The summed E-state index contributed by atoms with van der Waals surface area (Å²) in [7, 11) is 1.58. The van der Waals surface area contributed by atoms with E-state index in [2.05, 4.69) is 0 Å². The van der Waals surface area contributed by atoms with Gasteiger partial charge in [-0.15, -0.1) is 0 Å². The van der Waals surface area contributed by atoms with E-state index in [9.17, 15) is 4.79 Å². The van der Waals surface area contributed by atoms with Crippen LogP contribution in [-0.4, -0.2) is 24.8 Å². The van der Waals surface area contributed by atoms with E-state index in [0.717, 1.165) is 10.3 Å². The molecule has 6 nitrogen and oxygen atoms in total. The van der Waals surface area contributed by atoms with Gasteiger partial charge in [0.25, 0.3) is 5.91 Å². The number of methoxy groups -OCH3 is 1. The topological polar surface area (TPSA) is 60.9 Å². The molecule has 156 valence electrons. The molecule has 1 aromatic heterocycles. The molecule has 5 rings (SSSR count). The number of hydrogen-bond donors (Lipinski definition) is 0. The summed E-state index contributed by atoms with van der Waals surface area (Å²) in [6.07, 6.45) is 0. The second-order valence-corrected chi connectivity index (χ2v) is 8.25. The van der Waals surface area contributed by atoms with Gasteiger partial charge < -0.3 is 14.2 Å². The number of rotatable bonds is 5. The van der Waals surface area contributed by atoms with Crippen molar-refractivity contribution < 1.29 is 19.0 Å². The monoisotopic (exact) mass is 452 g/mol. The molecule has 0 unspecified atom stereocenters. The Morgan fingerprint density at radius 1 is 1.13 bits per heavy atom. The van der Waals surface area contributed by atoms with E-state index in [1.807, 2.05) is 30.3 Å². The van der Waals surface area contributed by atoms with Gasteiger partial charge in [-0.05, 0) is 35.9 Å². The maximum absolute atomic E-state index is 13.6. The van der Waals surface area contributed by atoms with Gasteiger partial charge in [-0.25, -0.2) is 4.98 Å². The van der Waals surface area contributed by atoms with Crippen molar-refractivity contribution >= 4 is 44.2 Å². The van der Waals surface area contributed by atoms with Crippen LogP contribution in [0.1, 0.15) is 15.9 Å². The fourth-order valence-electron chi connectivity index (χ4n) is 3.40. The summed E-state index contributed by atoms with van der Waals surface area (Å²) in [6, 6.07) is 18.5. The average Bonchev–Trinajstić information content (AvgIpc) is 3.45. The zero-order valence-corrected chi connectivity index (χ0v) is 18.1. The molecule has 2 heterocycles. The highest BCUT2D eigenvalue weighted by atomic mass is 35.5. The molecule has 4 aromatic rings. The van der Waals surface area contributed by atoms with Crippen LogP contribution in [0.25, 0.3) is 10.2 Å². The molecule has 0 spiro atoms. The van der Waals surface area contributed by atoms with Gasteiger partial charge in [0.2, 0.25) is 6.79 Å². The maximum atomic E-state index is 13.6. The number of thiazole rings is 1. The van der Waals surface area contributed by atoms with Gasteiger partial charge in [0.15, 0.2) is 16.6 Å². The molecule has 0 aliphatic carbocycles. The molecule has 0 saturated carbocycles. The van der Waals surface area contributed by atoms with Gasteiger partial charge in [-0.3, -0.25) is 9.69 Å². The summed E-state index contributed by atoms with van der Waals surface area (Å²) in [4.78, 5) is 20.0.